The molecule has 2 aromatic rings. The lowest BCUT2D eigenvalue weighted by molar-refractivity contribution is 0.103. The van der Waals surface area contributed by atoms with Gasteiger partial charge in [0.1, 0.15) is 17.5 Å². The predicted molar refractivity (Wildman–Crippen MR) is 63.9 cm³/mol. The molecule has 0 bridgehead atoms. The summed E-state index contributed by atoms with van der Waals surface area (Å²) < 4.78 is 39.9. The molecule has 0 N–H and O–H groups in total. The van der Waals surface area contributed by atoms with Crippen LogP contribution in [0.3, 0.4) is 0 Å². The number of rotatable bonds is 2. The first-order chi connectivity index (χ1) is 8.47. The fraction of sp³-hybridized carbons (Fsp3) is 0. The average molecular weight is 315 g/mol. The molecule has 0 heterocycles. The monoisotopic (exact) mass is 314 g/mol. The second kappa shape index (κ2) is 4.94. The predicted octanol–water partition coefficient (Wildman–Crippen LogP) is 4.10. The maximum Gasteiger partial charge on any atom is 0.196 e. The Morgan fingerprint density at radius 1 is 0.944 bits per heavy atom. The minimum Gasteiger partial charge on any atom is -0.288 e. The van der Waals surface area contributed by atoms with E-state index < -0.39 is 28.8 Å². The number of hydrogen-bond acceptors (Lipinski definition) is 1. The van der Waals surface area contributed by atoms with Crippen LogP contribution in [0.25, 0.3) is 0 Å². The molecule has 0 unspecified atom stereocenters. The van der Waals surface area contributed by atoms with Gasteiger partial charge in [0, 0.05) is 10.0 Å². The van der Waals surface area contributed by atoms with Crippen molar-refractivity contribution in [2.45, 2.75) is 0 Å². The Morgan fingerprint density at radius 3 is 2.33 bits per heavy atom. The SMILES string of the molecule is O=C(c1cc(F)cc(Br)c1)c1cc(F)ccc1F. The quantitative estimate of drug-likeness (QED) is 0.763. The van der Waals surface area contributed by atoms with Crippen LogP contribution in [-0.2, 0) is 0 Å². The fourth-order valence-corrected chi connectivity index (χ4v) is 1.98. The molecule has 0 aliphatic heterocycles. The van der Waals surface area contributed by atoms with Crippen LogP contribution in [0.1, 0.15) is 15.9 Å². The highest BCUT2D eigenvalue weighted by molar-refractivity contribution is 9.10. The van der Waals surface area contributed by atoms with Gasteiger partial charge in [0.15, 0.2) is 5.78 Å². The van der Waals surface area contributed by atoms with E-state index in [1.165, 1.54) is 12.1 Å². The Labute approximate surface area is 109 Å². The lowest BCUT2D eigenvalue weighted by Crippen LogP contribution is -2.05. The van der Waals surface area contributed by atoms with E-state index in [9.17, 15) is 18.0 Å². The van der Waals surface area contributed by atoms with Crippen LogP contribution in [0.15, 0.2) is 40.9 Å². The normalized spacial score (nSPS) is 10.4. The molecule has 1 nitrogen and oxygen atoms in total. The van der Waals surface area contributed by atoms with E-state index in [2.05, 4.69) is 15.9 Å². The highest BCUT2D eigenvalue weighted by atomic mass is 79.9. The molecule has 0 radical (unpaired) electrons. The lowest BCUT2D eigenvalue weighted by Gasteiger charge is -2.04. The van der Waals surface area contributed by atoms with Gasteiger partial charge in [-0.15, -0.1) is 0 Å². The Balaban J connectivity index is 2.51. The van der Waals surface area contributed by atoms with Gasteiger partial charge < -0.3 is 0 Å². The van der Waals surface area contributed by atoms with Gasteiger partial charge in [-0.3, -0.25) is 4.79 Å². The minimum atomic E-state index is -0.846. The number of hydrogen-bond donors (Lipinski definition) is 0. The molecule has 2 aromatic carbocycles. The molecular formula is C13H6BrF3O. The molecule has 0 amide bonds. The van der Waals surface area contributed by atoms with Crippen molar-refractivity contribution in [2.75, 3.05) is 0 Å². The third-order valence-corrected chi connectivity index (χ3v) is 2.76. The number of halogens is 4. The maximum atomic E-state index is 13.4. The molecule has 0 spiro atoms. The van der Waals surface area contributed by atoms with Crippen molar-refractivity contribution < 1.29 is 18.0 Å². The van der Waals surface area contributed by atoms with Crippen molar-refractivity contribution in [3.8, 4) is 0 Å². The molecule has 92 valence electrons. The molecule has 0 fully saturated rings. The molecular weight excluding hydrogens is 309 g/mol. The van der Waals surface area contributed by atoms with E-state index in [1.54, 1.807) is 0 Å². The van der Waals surface area contributed by atoms with Crippen LogP contribution in [0.4, 0.5) is 13.2 Å². The first-order valence-corrected chi connectivity index (χ1v) is 5.72. The summed E-state index contributed by atoms with van der Waals surface area (Å²) in [5, 5.41) is 0. The molecule has 0 atom stereocenters. The molecule has 0 aliphatic carbocycles. The van der Waals surface area contributed by atoms with Crippen LogP contribution in [0, 0.1) is 17.5 Å². The Bertz CT molecular complexity index is 605. The van der Waals surface area contributed by atoms with Gasteiger partial charge >= 0.3 is 0 Å². The van der Waals surface area contributed by atoms with Gasteiger partial charge in [-0.05, 0) is 36.4 Å². The molecule has 2 rings (SSSR count). The van der Waals surface area contributed by atoms with Crippen molar-refractivity contribution in [2.24, 2.45) is 0 Å². The lowest BCUT2D eigenvalue weighted by atomic mass is 10.0. The summed E-state index contributed by atoms with van der Waals surface area (Å²) in [5.74, 6) is -2.98. The molecule has 0 aromatic heterocycles. The van der Waals surface area contributed by atoms with Crippen molar-refractivity contribution in [3.63, 3.8) is 0 Å². The summed E-state index contributed by atoms with van der Waals surface area (Å²) in [6.07, 6.45) is 0. The zero-order chi connectivity index (χ0) is 13.3. The molecule has 0 saturated heterocycles. The van der Waals surface area contributed by atoms with Gasteiger partial charge in [-0.25, -0.2) is 13.2 Å². The van der Waals surface area contributed by atoms with Crippen LogP contribution in [0.5, 0.6) is 0 Å². The summed E-state index contributed by atoms with van der Waals surface area (Å²) in [4.78, 5) is 11.9. The number of ketones is 1. The zero-order valence-corrected chi connectivity index (χ0v) is 10.5. The minimum absolute atomic E-state index is 0.0497. The summed E-state index contributed by atoms with van der Waals surface area (Å²) >= 11 is 3.03. The van der Waals surface area contributed by atoms with Crippen molar-refractivity contribution in [3.05, 3.63) is 69.4 Å². The summed E-state index contributed by atoms with van der Waals surface area (Å²) in [6.45, 7) is 0. The van der Waals surface area contributed by atoms with Gasteiger partial charge in [0.25, 0.3) is 0 Å². The Hall–Kier alpha value is -1.62. The number of benzene rings is 2. The standard InChI is InChI=1S/C13H6BrF3O/c14-8-3-7(4-10(16)5-8)13(18)11-6-9(15)1-2-12(11)17/h1-6H. The molecule has 5 heteroatoms. The zero-order valence-electron chi connectivity index (χ0n) is 8.88. The maximum absolute atomic E-state index is 13.4. The van der Waals surface area contributed by atoms with Crippen LogP contribution >= 0.6 is 15.9 Å². The van der Waals surface area contributed by atoms with E-state index in [-0.39, 0.29) is 5.56 Å². The molecule has 0 aliphatic rings. The van der Waals surface area contributed by atoms with Crippen molar-refractivity contribution in [1.29, 1.82) is 0 Å². The topological polar surface area (TPSA) is 17.1 Å². The number of carbonyl (C=O) groups excluding carboxylic acids is 1. The van der Waals surface area contributed by atoms with Crippen LogP contribution in [-0.4, -0.2) is 5.78 Å². The van der Waals surface area contributed by atoms with E-state index in [0.29, 0.717) is 4.47 Å². The first-order valence-electron chi connectivity index (χ1n) is 4.93. The summed E-state index contributed by atoms with van der Waals surface area (Å²) in [5.41, 5.74) is -0.473. The summed E-state index contributed by atoms with van der Waals surface area (Å²) in [7, 11) is 0. The van der Waals surface area contributed by atoms with E-state index in [0.717, 1.165) is 24.3 Å². The second-order valence-electron chi connectivity index (χ2n) is 3.61. The third kappa shape index (κ3) is 2.61. The van der Waals surface area contributed by atoms with Crippen LogP contribution < -0.4 is 0 Å². The second-order valence-corrected chi connectivity index (χ2v) is 4.53. The van der Waals surface area contributed by atoms with Crippen molar-refractivity contribution in [1.82, 2.24) is 0 Å². The Morgan fingerprint density at radius 2 is 1.67 bits per heavy atom. The Kier molecular flexibility index (Phi) is 3.52. The van der Waals surface area contributed by atoms with Gasteiger partial charge in [0.2, 0.25) is 0 Å². The highest BCUT2D eigenvalue weighted by Crippen LogP contribution is 2.20. The molecule has 0 saturated carbocycles. The van der Waals surface area contributed by atoms with Crippen LogP contribution in [0.2, 0.25) is 0 Å². The van der Waals surface area contributed by atoms with Gasteiger partial charge in [-0.2, -0.15) is 0 Å². The van der Waals surface area contributed by atoms with Crippen molar-refractivity contribution >= 4 is 21.7 Å². The van der Waals surface area contributed by atoms with E-state index in [1.807, 2.05) is 0 Å². The van der Waals surface area contributed by atoms with Gasteiger partial charge in [0.05, 0.1) is 5.56 Å². The van der Waals surface area contributed by atoms with E-state index >= 15 is 0 Å². The first kappa shape index (κ1) is 12.8. The molecule has 18 heavy (non-hydrogen) atoms. The largest absolute Gasteiger partial charge is 0.288 e. The van der Waals surface area contributed by atoms with E-state index in [4.69, 9.17) is 0 Å². The fourth-order valence-electron chi connectivity index (χ4n) is 1.51. The number of carbonyl (C=O) groups is 1. The summed E-state index contributed by atoms with van der Waals surface area (Å²) in [6, 6.07) is 6.03. The third-order valence-electron chi connectivity index (χ3n) is 2.30. The highest BCUT2D eigenvalue weighted by Gasteiger charge is 2.16. The average Bonchev–Trinajstić information content (AvgIpc) is 2.30. The smallest absolute Gasteiger partial charge is 0.196 e. The van der Waals surface area contributed by atoms with Gasteiger partial charge in [-0.1, -0.05) is 15.9 Å².